The van der Waals surface area contributed by atoms with E-state index in [0.29, 0.717) is 0 Å². The van der Waals surface area contributed by atoms with Gasteiger partial charge in [0.2, 0.25) is 0 Å². The van der Waals surface area contributed by atoms with Crippen LogP contribution in [0.4, 0.5) is 8.78 Å². The lowest BCUT2D eigenvalue weighted by Crippen LogP contribution is -2.17. The predicted molar refractivity (Wildman–Crippen MR) is 58.3 cm³/mol. The fourth-order valence-electron chi connectivity index (χ4n) is 0.841. The van der Waals surface area contributed by atoms with E-state index in [-0.39, 0.29) is 8.72 Å². The average Bonchev–Trinajstić information content (AvgIpc) is 2.06. The molecule has 1 rings (SSSR count). The third-order valence-electron chi connectivity index (χ3n) is 1.43. The molecule has 0 radical (unpaired) electrons. The molecule has 0 unspecified atom stereocenters. The number of sulfonamides is 1. The molecular weight excluding hydrogens is 364 g/mol. The van der Waals surface area contributed by atoms with E-state index in [4.69, 9.17) is 16.7 Å². The molecule has 0 aliphatic carbocycles. The first-order valence-corrected chi connectivity index (χ1v) is 6.40. The molecule has 0 spiro atoms. The van der Waals surface area contributed by atoms with Crippen molar-refractivity contribution in [3.8, 4) is 0 Å². The van der Waals surface area contributed by atoms with Gasteiger partial charge in [-0.15, -0.1) is 0 Å². The van der Waals surface area contributed by atoms with Crippen LogP contribution < -0.4 is 5.14 Å². The molecule has 0 fully saturated rings. The minimum atomic E-state index is -4.15. The summed E-state index contributed by atoms with van der Waals surface area (Å²) in [5, 5.41) is 3.83. The van der Waals surface area contributed by atoms with Crippen LogP contribution in [-0.4, -0.2) is 13.4 Å². The lowest BCUT2D eigenvalue weighted by Gasteiger charge is -2.07. The summed E-state index contributed by atoms with van der Waals surface area (Å²) < 4.78 is 46.7. The zero-order chi connectivity index (χ0) is 11.8. The summed E-state index contributed by atoms with van der Waals surface area (Å²) in [6.45, 7) is 0. The van der Waals surface area contributed by atoms with E-state index in [1.807, 2.05) is 0 Å². The van der Waals surface area contributed by atoms with Gasteiger partial charge in [0, 0.05) is 5.56 Å². The molecule has 0 aliphatic rings. The van der Waals surface area contributed by atoms with Gasteiger partial charge in [-0.1, -0.05) is 11.6 Å². The van der Waals surface area contributed by atoms with Crippen LogP contribution in [0.2, 0.25) is 5.15 Å². The third-order valence-corrected chi connectivity index (χ3v) is 3.96. The highest BCUT2D eigenvalue weighted by Gasteiger charge is 2.22. The molecule has 0 aromatic carbocycles. The van der Waals surface area contributed by atoms with Crippen molar-refractivity contribution in [1.29, 1.82) is 0 Å². The maximum absolute atomic E-state index is 12.4. The first kappa shape index (κ1) is 13.0. The number of hydrogen-bond acceptors (Lipinski definition) is 3. The van der Waals surface area contributed by atoms with Gasteiger partial charge in [-0.25, -0.2) is 27.3 Å². The molecule has 0 aliphatic heterocycles. The summed E-state index contributed by atoms with van der Waals surface area (Å²) in [7, 11) is -4.15. The third kappa shape index (κ3) is 2.95. The first-order chi connectivity index (χ1) is 6.73. The van der Waals surface area contributed by atoms with Crippen LogP contribution in [0.5, 0.6) is 0 Å². The van der Waals surface area contributed by atoms with E-state index in [9.17, 15) is 17.2 Å². The van der Waals surface area contributed by atoms with Crippen molar-refractivity contribution >= 4 is 44.2 Å². The number of alkyl halides is 2. The molecule has 1 heterocycles. The van der Waals surface area contributed by atoms with Crippen molar-refractivity contribution in [2.45, 2.75) is 11.5 Å². The fourth-order valence-corrected chi connectivity index (χ4v) is 3.12. The number of pyridine rings is 1. The number of halogens is 4. The van der Waals surface area contributed by atoms with Crippen molar-refractivity contribution in [3.63, 3.8) is 0 Å². The van der Waals surface area contributed by atoms with E-state index in [1.165, 1.54) is 22.6 Å². The molecule has 9 heteroatoms. The number of aromatic nitrogens is 1. The van der Waals surface area contributed by atoms with Crippen molar-refractivity contribution < 1.29 is 17.2 Å². The van der Waals surface area contributed by atoms with E-state index < -0.39 is 27.0 Å². The number of hydrogen-bond donors (Lipinski definition) is 1. The van der Waals surface area contributed by atoms with Crippen LogP contribution >= 0.6 is 34.2 Å². The van der Waals surface area contributed by atoms with Crippen LogP contribution in [0.25, 0.3) is 0 Å². The van der Waals surface area contributed by atoms with Crippen LogP contribution in [-0.2, 0) is 10.0 Å². The molecule has 0 saturated carbocycles. The summed E-state index contributed by atoms with van der Waals surface area (Å²) >= 11 is 6.84. The maximum Gasteiger partial charge on any atom is 0.265 e. The van der Waals surface area contributed by atoms with Gasteiger partial charge in [0.25, 0.3) is 16.4 Å². The summed E-state index contributed by atoms with van der Waals surface area (Å²) in [4.78, 5) is 3.40. The highest BCUT2D eigenvalue weighted by molar-refractivity contribution is 14.1. The van der Waals surface area contributed by atoms with E-state index in [1.54, 1.807) is 0 Å². The van der Waals surface area contributed by atoms with Gasteiger partial charge < -0.3 is 0 Å². The molecular formula is C6H4ClF2IN2O2S. The monoisotopic (exact) mass is 368 g/mol. The van der Waals surface area contributed by atoms with Crippen LogP contribution in [0.3, 0.4) is 0 Å². The Balaban J connectivity index is 3.56. The van der Waals surface area contributed by atoms with Crippen LogP contribution in [0, 0.1) is 3.57 Å². The SMILES string of the molecule is NS(=O)(=O)c1nc(Cl)cc(C(F)F)c1I. The molecule has 15 heavy (non-hydrogen) atoms. The van der Waals surface area contributed by atoms with E-state index >= 15 is 0 Å². The van der Waals surface area contributed by atoms with Gasteiger partial charge in [-0.2, -0.15) is 0 Å². The Morgan fingerprint density at radius 3 is 2.47 bits per heavy atom. The Kier molecular flexibility index (Phi) is 3.85. The normalized spacial score (nSPS) is 12.1. The Bertz CT molecular complexity index is 494. The van der Waals surface area contributed by atoms with Crippen molar-refractivity contribution in [3.05, 3.63) is 20.4 Å². The van der Waals surface area contributed by atoms with Gasteiger partial charge in [-0.05, 0) is 28.7 Å². The molecule has 0 atom stereocenters. The highest BCUT2D eigenvalue weighted by atomic mass is 127. The minimum Gasteiger partial charge on any atom is -0.223 e. The second-order valence-corrected chi connectivity index (χ2v) is 5.44. The molecule has 4 nitrogen and oxygen atoms in total. The molecule has 0 amide bonds. The van der Waals surface area contributed by atoms with Crippen LogP contribution in [0.1, 0.15) is 12.0 Å². The summed E-state index contributed by atoms with van der Waals surface area (Å²) in [5.74, 6) is 0. The number of nitrogens with two attached hydrogens (primary N) is 1. The summed E-state index contributed by atoms with van der Waals surface area (Å²) in [5.41, 5.74) is -0.500. The number of primary sulfonamides is 1. The Labute approximate surface area is 103 Å². The molecule has 1 aromatic rings. The first-order valence-electron chi connectivity index (χ1n) is 3.40. The lowest BCUT2D eigenvalue weighted by molar-refractivity contribution is 0.150. The van der Waals surface area contributed by atoms with Crippen molar-refractivity contribution in [2.75, 3.05) is 0 Å². The average molecular weight is 369 g/mol. The molecule has 0 saturated heterocycles. The topological polar surface area (TPSA) is 73.1 Å². The smallest absolute Gasteiger partial charge is 0.223 e. The molecule has 1 aromatic heterocycles. The quantitative estimate of drug-likeness (QED) is 0.640. The van der Waals surface area contributed by atoms with Gasteiger partial charge in [0.1, 0.15) is 5.15 Å². The van der Waals surface area contributed by atoms with E-state index in [0.717, 1.165) is 6.07 Å². The van der Waals surface area contributed by atoms with Gasteiger partial charge in [0.05, 0.1) is 3.57 Å². The zero-order valence-corrected chi connectivity index (χ0v) is 10.6. The molecule has 2 N–H and O–H groups in total. The number of rotatable bonds is 2. The van der Waals surface area contributed by atoms with Crippen molar-refractivity contribution in [2.24, 2.45) is 5.14 Å². The summed E-state index contributed by atoms with van der Waals surface area (Å²) in [6, 6.07) is 0.905. The lowest BCUT2D eigenvalue weighted by atomic mass is 10.3. The zero-order valence-electron chi connectivity index (χ0n) is 6.92. The van der Waals surface area contributed by atoms with E-state index in [2.05, 4.69) is 4.98 Å². The predicted octanol–water partition coefficient (Wildman–Crippen LogP) is 1.92. The van der Waals surface area contributed by atoms with Gasteiger partial charge >= 0.3 is 0 Å². The Hall–Kier alpha value is -0.0600. The van der Waals surface area contributed by atoms with Crippen molar-refractivity contribution in [1.82, 2.24) is 4.98 Å². The standard InChI is InChI=1S/C6H4ClF2IN2O2S/c7-3-1-2(5(8)9)4(10)6(12-3)15(11,13)14/h1,5H,(H2,11,13,14). The Morgan fingerprint density at radius 2 is 2.07 bits per heavy atom. The fraction of sp³-hybridized carbons (Fsp3) is 0.167. The van der Waals surface area contributed by atoms with Crippen LogP contribution in [0.15, 0.2) is 11.1 Å². The summed E-state index contributed by atoms with van der Waals surface area (Å²) in [6.07, 6.45) is -2.84. The highest BCUT2D eigenvalue weighted by Crippen LogP contribution is 2.29. The van der Waals surface area contributed by atoms with Gasteiger partial charge in [-0.3, -0.25) is 0 Å². The molecule has 84 valence electrons. The second kappa shape index (κ2) is 4.44. The second-order valence-electron chi connectivity index (χ2n) is 2.50. The largest absolute Gasteiger partial charge is 0.265 e. The maximum atomic E-state index is 12.4. The number of nitrogens with zero attached hydrogens (tertiary/aromatic N) is 1. The van der Waals surface area contributed by atoms with Gasteiger partial charge in [0.15, 0.2) is 5.03 Å². The molecule has 0 bridgehead atoms. The Morgan fingerprint density at radius 1 is 1.53 bits per heavy atom. The minimum absolute atomic E-state index is 0.213.